The lowest BCUT2D eigenvalue weighted by molar-refractivity contribution is -0.116. The number of aromatic nitrogens is 1. The highest BCUT2D eigenvalue weighted by molar-refractivity contribution is 8.00. The van der Waals surface area contributed by atoms with Gasteiger partial charge in [-0.05, 0) is 54.4 Å². The first-order chi connectivity index (χ1) is 16.5. The lowest BCUT2D eigenvalue weighted by atomic mass is 10.0. The van der Waals surface area contributed by atoms with E-state index in [9.17, 15) is 14.4 Å². The normalized spacial score (nSPS) is 13.6. The van der Waals surface area contributed by atoms with Crippen molar-refractivity contribution in [2.24, 2.45) is 0 Å². The Morgan fingerprint density at radius 1 is 1.00 bits per heavy atom. The molecule has 0 fully saturated rings. The van der Waals surface area contributed by atoms with Crippen molar-refractivity contribution in [3.8, 4) is 11.5 Å². The summed E-state index contributed by atoms with van der Waals surface area (Å²) < 4.78 is 10.6. The van der Waals surface area contributed by atoms with Crippen LogP contribution in [-0.4, -0.2) is 35.3 Å². The second kappa shape index (κ2) is 9.44. The van der Waals surface area contributed by atoms with Gasteiger partial charge in [0.05, 0.1) is 11.3 Å². The van der Waals surface area contributed by atoms with Crippen molar-refractivity contribution in [1.29, 1.82) is 0 Å². The Morgan fingerprint density at radius 2 is 1.82 bits per heavy atom. The predicted molar refractivity (Wildman–Crippen MR) is 128 cm³/mol. The summed E-state index contributed by atoms with van der Waals surface area (Å²) in [5, 5.41) is 8.96. The molecule has 9 nitrogen and oxygen atoms in total. The van der Waals surface area contributed by atoms with Gasteiger partial charge in [0.15, 0.2) is 11.5 Å². The van der Waals surface area contributed by atoms with Gasteiger partial charge in [0.1, 0.15) is 5.03 Å². The van der Waals surface area contributed by atoms with Gasteiger partial charge in [-0.1, -0.05) is 11.8 Å². The highest BCUT2D eigenvalue weighted by Gasteiger charge is 2.18. The minimum atomic E-state index is -0.327. The van der Waals surface area contributed by atoms with Crippen LogP contribution in [0, 0.1) is 0 Å². The highest BCUT2D eigenvalue weighted by atomic mass is 32.2. The van der Waals surface area contributed by atoms with Crippen LogP contribution in [0.3, 0.4) is 0 Å². The molecule has 0 bridgehead atoms. The van der Waals surface area contributed by atoms with Crippen molar-refractivity contribution in [3.05, 3.63) is 65.9 Å². The number of nitrogens with zero attached hydrogens (tertiary/aromatic N) is 1. The largest absolute Gasteiger partial charge is 0.454 e. The second-order valence-corrected chi connectivity index (χ2v) is 8.60. The van der Waals surface area contributed by atoms with Gasteiger partial charge in [0.2, 0.25) is 18.6 Å². The van der Waals surface area contributed by atoms with E-state index in [0.29, 0.717) is 46.3 Å². The average molecular weight is 477 g/mol. The van der Waals surface area contributed by atoms with E-state index in [2.05, 4.69) is 20.9 Å². The predicted octanol–water partition coefficient (Wildman–Crippen LogP) is 3.68. The third kappa shape index (κ3) is 4.81. The van der Waals surface area contributed by atoms with Crippen molar-refractivity contribution in [2.75, 3.05) is 28.5 Å². The van der Waals surface area contributed by atoms with Gasteiger partial charge >= 0.3 is 0 Å². The number of hydrogen-bond acceptors (Lipinski definition) is 7. The minimum Gasteiger partial charge on any atom is -0.454 e. The van der Waals surface area contributed by atoms with Crippen LogP contribution in [0.1, 0.15) is 22.3 Å². The zero-order chi connectivity index (χ0) is 23.5. The summed E-state index contributed by atoms with van der Waals surface area (Å²) in [6.07, 6.45) is 2.62. The van der Waals surface area contributed by atoms with Gasteiger partial charge in [0, 0.05) is 35.7 Å². The monoisotopic (exact) mass is 476 g/mol. The van der Waals surface area contributed by atoms with Crippen molar-refractivity contribution in [2.45, 2.75) is 17.9 Å². The molecule has 0 unspecified atom stereocenters. The smallest absolute Gasteiger partial charge is 0.258 e. The lowest BCUT2D eigenvalue weighted by Gasteiger charge is -2.18. The first kappa shape index (κ1) is 21.8. The van der Waals surface area contributed by atoms with Crippen LogP contribution in [0.5, 0.6) is 11.5 Å². The van der Waals surface area contributed by atoms with Gasteiger partial charge < -0.3 is 25.4 Å². The van der Waals surface area contributed by atoms with Gasteiger partial charge in [0.25, 0.3) is 5.91 Å². The number of hydrogen-bond donors (Lipinski definition) is 3. The van der Waals surface area contributed by atoms with Gasteiger partial charge in [-0.3, -0.25) is 14.4 Å². The molecule has 5 rings (SSSR count). The molecule has 1 aromatic heterocycles. The van der Waals surface area contributed by atoms with Gasteiger partial charge in [-0.25, -0.2) is 4.98 Å². The molecule has 0 saturated carbocycles. The number of benzene rings is 2. The van der Waals surface area contributed by atoms with Crippen LogP contribution < -0.4 is 25.4 Å². The highest BCUT2D eigenvalue weighted by Crippen LogP contribution is 2.34. The number of carbonyl (C=O) groups is 3. The van der Waals surface area contributed by atoms with Crippen molar-refractivity contribution < 1.29 is 23.9 Å². The summed E-state index contributed by atoms with van der Waals surface area (Å²) in [5.41, 5.74) is 3.32. The second-order valence-electron chi connectivity index (χ2n) is 7.64. The number of amides is 3. The Hall–Kier alpha value is -4.05. The van der Waals surface area contributed by atoms with Crippen LogP contribution in [0.15, 0.2) is 59.8 Å². The fourth-order valence-corrected chi connectivity index (χ4v) is 4.44. The SMILES string of the molecule is O=C(CSc1ncccc1C(=O)Nc1ccc2c(c1)CCC(=O)N2)Nc1ccc2c(c1)OCO2. The molecule has 0 spiro atoms. The molecule has 3 N–H and O–H groups in total. The maximum atomic E-state index is 12.9. The van der Waals surface area contributed by atoms with E-state index in [0.717, 1.165) is 11.3 Å². The topological polar surface area (TPSA) is 119 Å². The lowest BCUT2D eigenvalue weighted by Crippen LogP contribution is -2.19. The number of anilines is 3. The molecule has 3 aromatic rings. The number of fused-ring (bicyclic) bond motifs is 2. The first-order valence-corrected chi connectivity index (χ1v) is 11.6. The van der Waals surface area contributed by atoms with Crippen molar-refractivity contribution >= 4 is 46.5 Å². The molecule has 10 heteroatoms. The van der Waals surface area contributed by atoms with E-state index in [1.807, 2.05) is 6.07 Å². The molecule has 2 aliphatic heterocycles. The molecule has 0 aliphatic carbocycles. The van der Waals surface area contributed by atoms with Crippen LogP contribution in [0.4, 0.5) is 17.1 Å². The Bertz CT molecular complexity index is 1300. The molecule has 0 saturated heterocycles. The quantitative estimate of drug-likeness (QED) is 0.465. The standard InChI is InChI=1S/C24H20N4O5S/c29-21-8-3-14-10-15(4-6-18(14)28-21)27-23(31)17-2-1-9-25-24(17)34-12-22(30)26-16-5-7-19-20(11-16)33-13-32-19/h1-2,4-7,9-11H,3,8,12-13H2,(H,26,30)(H,27,31)(H,28,29). The maximum Gasteiger partial charge on any atom is 0.258 e. The number of rotatable bonds is 6. The Morgan fingerprint density at radius 3 is 2.74 bits per heavy atom. The summed E-state index contributed by atoms with van der Waals surface area (Å²) >= 11 is 1.17. The molecule has 0 atom stereocenters. The number of nitrogens with one attached hydrogen (secondary N) is 3. The first-order valence-electron chi connectivity index (χ1n) is 10.6. The zero-order valence-corrected chi connectivity index (χ0v) is 18.7. The van der Waals surface area contributed by atoms with Crippen LogP contribution in [0.2, 0.25) is 0 Å². The fourth-order valence-electron chi connectivity index (χ4n) is 3.64. The number of ether oxygens (including phenoxy) is 2. The molecule has 0 radical (unpaired) electrons. The third-order valence-electron chi connectivity index (χ3n) is 5.27. The Balaban J connectivity index is 1.22. The summed E-state index contributed by atoms with van der Waals surface area (Å²) in [6.45, 7) is 0.162. The van der Waals surface area contributed by atoms with Crippen LogP contribution in [-0.2, 0) is 16.0 Å². The van der Waals surface area contributed by atoms with E-state index in [1.54, 1.807) is 48.7 Å². The minimum absolute atomic E-state index is 0.0103. The summed E-state index contributed by atoms with van der Waals surface area (Å²) in [5.74, 6) is 0.719. The summed E-state index contributed by atoms with van der Waals surface area (Å²) in [6, 6.07) is 13.9. The maximum absolute atomic E-state index is 12.9. The fraction of sp³-hybridized carbons (Fsp3) is 0.167. The van der Waals surface area contributed by atoms with Crippen LogP contribution in [0.25, 0.3) is 0 Å². The van der Waals surface area contributed by atoms with Crippen molar-refractivity contribution in [3.63, 3.8) is 0 Å². The van der Waals surface area contributed by atoms with E-state index < -0.39 is 0 Å². The molecule has 172 valence electrons. The Kier molecular flexibility index (Phi) is 6.05. The van der Waals surface area contributed by atoms with Gasteiger partial charge in [-0.2, -0.15) is 0 Å². The molecule has 2 aromatic carbocycles. The molecular weight excluding hydrogens is 456 g/mol. The molecule has 3 amide bonds. The summed E-state index contributed by atoms with van der Waals surface area (Å²) in [7, 11) is 0. The van der Waals surface area contributed by atoms with E-state index >= 15 is 0 Å². The molecule has 3 heterocycles. The molecule has 2 aliphatic rings. The van der Waals surface area contributed by atoms with E-state index in [-0.39, 0.29) is 30.3 Å². The number of carbonyl (C=O) groups excluding carboxylic acids is 3. The van der Waals surface area contributed by atoms with E-state index in [4.69, 9.17) is 9.47 Å². The molecular formula is C24H20N4O5S. The third-order valence-corrected chi connectivity index (χ3v) is 6.28. The number of thioether (sulfide) groups is 1. The number of pyridine rings is 1. The van der Waals surface area contributed by atoms with Gasteiger partial charge in [-0.15, -0.1) is 0 Å². The van der Waals surface area contributed by atoms with Crippen molar-refractivity contribution in [1.82, 2.24) is 4.98 Å². The Labute approximate surface area is 199 Å². The molecule has 34 heavy (non-hydrogen) atoms. The summed E-state index contributed by atoms with van der Waals surface area (Å²) in [4.78, 5) is 41.2. The van der Waals surface area contributed by atoms with E-state index in [1.165, 1.54) is 11.8 Å². The number of aryl methyl sites for hydroxylation is 1. The average Bonchev–Trinajstić information content (AvgIpc) is 3.31. The van der Waals surface area contributed by atoms with Crippen LogP contribution >= 0.6 is 11.8 Å². The zero-order valence-electron chi connectivity index (χ0n) is 17.9.